The predicted molar refractivity (Wildman–Crippen MR) is 92.8 cm³/mol. The summed E-state index contributed by atoms with van der Waals surface area (Å²) < 4.78 is 11.9. The van der Waals surface area contributed by atoms with E-state index in [0.717, 1.165) is 6.42 Å². The van der Waals surface area contributed by atoms with Crippen molar-refractivity contribution in [1.29, 1.82) is 0 Å². The lowest BCUT2D eigenvalue weighted by atomic mass is 9.95. The quantitative estimate of drug-likeness (QED) is 0.816. The van der Waals surface area contributed by atoms with Crippen molar-refractivity contribution in [2.24, 2.45) is 0 Å². The molecule has 0 bridgehead atoms. The number of carbonyl (C=O) groups excluding carboxylic acids is 1. The number of anilines is 1. The van der Waals surface area contributed by atoms with Gasteiger partial charge < -0.3 is 19.3 Å². The molecule has 3 rings (SSSR count). The lowest BCUT2D eigenvalue weighted by molar-refractivity contribution is -0.151. The number of nitrogens with zero attached hydrogens (tertiary/aromatic N) is 3. The van der Waals surface area contributed by atoms with Crippen molar-refractivity contribution in [1.82, 2.24) is 9.88 Å². The maximum Gasteiger partial charge on any atom is 0.254 e. The second kappa shape index (κ2) is 6.17. The Labute approximate surface area is 147 Å². The highest BCUT2D eigenvalue weighted by molar-refractivity contribution is 6.33. The number of pyridine rings is 1. The Bertz CT molecular complexity index is 642. The summed E-state index contributed by atoms with van der Waals surface area (Å²) in [5.74, 6) is 0.577. The Morgan fingerprint density at radius 3 is 2.71 bits per heavy atom. The number of halogens is 1. The van der Waals surface area contributed by atoms with Crippen molar-refractivity contribution in [3.63, 3.8) is 0 Å². The molecule has 0 saturated carbocycles. The molecule has 1 amide bonds. The molecule has 2 aliphatic heterocycles. The Hall–Kier alpha value is -1.37. The van der Waals surface area contributed by atoms with Crippen molar-refractivity contribution < 1.29 is 14.3 Å². The van der Waals surface area contributed by atoms with Gasteiger partial charge in [0, 0.05) is 39.9 Å². The van der Waals surface area contributed by atoms with Crippen LogP contribution in [0.5, 0.6) is 0 Å². The highest BCUT2D eigenvalue weighted by atomic mass is 35.5. The molecule has 7 heteroatoms. The summed E-state index contributed by atoms with van der Waals surface area (Å²) in [4.78, 5) is 20.2. The molecule has 2 saturated heterocycles. The van der Waals surface area contributed by atoms with Crippen LogP contribution in [0, 0.1) is 0 Å². The highest BCUT2D eigenvalue weighted by Crippen LogP contribution is 2.38. The minimum absolute atomic E-state index is 0.112. The predicted octanol–water partition coefficient (Wildman–Crippen LogP) is 2.21. The molecule has 2 aliphatic rings. The van der Waals surface area contributed by atoms with Crippen LogP contribution in [0.25, 0.3) is 0 Å². The van der Waals surface area contributed by atoms with Crippen LogP contribution in [0.15, 0.2) is 12.3 Å². The molecule has 0 aliphatic carbocycles. The Morgan fingerprint density at radius 2 is 2.12 bits per heavy atom. The zero-order chi connectivity index (χ0) is 17.5. The van der Waals surface area contributed by atoms with Gasteiger partial charge in [-0.1, -0.05) is 11.6 Å². The second-order valence-electron chi connectivity index (χ2n) is 7.43. The minimum atomic E-state index is -0.324. The van der Waals surface area contributed by atoms with Crippen LogP contribution in [-0.4, -0.2) is 67.4 Å². The first kappa shape index (κ1) is 17.5. The molecule has 0 radical (unpaired) electrons. The minimum Gasteiger partial charge on any atom is -0.378 e. The van der Waals surface area contributed by atoms with Gasteiger partial charge in [-0.25, -0.2) is 4.98 Å². The summed E-state index contributed by atoms with van der Waals surface area (Å²) in [6.07, 6.45) is 2.45. The molecule has 1 aromatic rings. The number of carbonyl (C=O) groups is 1. The van der Waals surface area contributed by atoms with Gasteiger partial charge in [0.25, 0.3) is 5.91 Å². The van der Waals surface area contributed by atoms with Gasteiger partial charge in [0.2, 0.25) is 0 Å². The summed E-state index contributed by atoms with van der Waals surface area (Å²) in [6, 6.07) is 1.69. The fourth-order valence-electron chi connectivity index (χ4n) is 3.50. The standard InChI is InChI=1S/C17H24ClN3O3/c1-16(2)9-21(10-17(24-16)5-6-23-11-17)14-13(18)7-12(8-19-14)15(22)20(3)4/h7-8H,5-6,9-11H2,1-4H3. The summed E-state index contributed by atoms with van der Waals surface area (Å²) >= 11 is 6.45. The van der Waals surface area contributed by atoms with Gasteiger partial charge in [0.15, 0.2) is 0 Å². The smallest absolute Gasteiger partial charge is 0.254 e. The average molecular weight is 354 g/mol. The third kappa shape index (κ3) is 3.36. The number of hydrogen-bond acceptors (Lipinski definition) is 5. The first-order valence-electron chi connectivity index (χ1n) is 8.11. The second-order valence-corrected chi connectivity index (χ2v) is 7.84. The fraction of sp³-hybridized carbons (Fsp3) is 0.647. The molecule has 3 heterocycles. The number of amides is 1. The van der Waals surface area contributed by atoms with Gasteiger partial charge in [-0.05, 0) is 19.9 Å². The number of morpholine rings is 1. The molecule has 0 N–H and O–H groups in total. The van der Waals surface area contributed by atoms with Crippen LogP contribution in [-0.2, 0) is 9.47 Å². The summed E-state index contributed by atoms with van der Waals surface area (Å²) in [6.45, 7) is 6.80. The van der Waals surface area contributed by atoms with E-state index in [0.29, 0.717) is 42.7 Å². The highest BCUT2D eigenvalue weighted by Gasteiger charge is 2.47. The first-order chi connectivity index (χ1) is 11.2. The van der Waals surface area contributed by atoms with E-state index in [1.165, 1.54) is 4.90 Å². The SMILES string of the molecule is CN(C)C(=O)c1cnc(N2CC(C)(C)OC3(CCOC3)C2)c(Cl)c1. The van der Waals surface area contributed by atoms with E-state index in [4.69, 9.17) is 21.1 Å². The van der Waals surface area contributed by atoms with Gasteiger partial charge in [0.1, 0.15) is 11.4 Å². The molecule has 132 valence electrons. The van der Waals surface area contributed by atoms with Crippen LogP contribution >= 0.6 is 11.6 Å². The van der Waals surface area contributed by atoms with Crippen LogP contribution in [0.3, 0.4) is 0 Å². The Kier molecular flexibility index (Phi) is 4.49. The molecular formula is C17H24ClN3O3. The monoisotopic (exact) mass is 353 g/mol. The van der Waals surface area contributed by atoms with Crippen LogP contribution < -0.4 is 4.90 Å². The number of hydrogen-bond donors (Lipinski definition) is 0. The topological polar surface area (TPSA) is 54.9 Å². The summed E-state index contributed by atoms with van der Waals surface area (Å²) in [5, 5.41) is 0.481. The van der Waals surface area contributed by atoms with E-state index in [1.54, 1.807) is 26.4 Å². The molecular weight excluding hydrogens is 330 g/mol. The van der Waals surface area contributed by atoms with Crippen molar-refractivity contribution >= 4 is 23.3 Å². The number of aromatic nitrogens is 1. The Balaban J connectivity index is 1.89. The average Bonchev–Trinajstić information content (AvgIpc) is 2.91. The van der Waals surface area contributed by atoms with Crippen molar-refractivity contribution in [2.45, 2.75) is 31.5 Å². The lowest BCUT2D eigenvalue weighted by Gasteiger charge is -2.48. The molecule has 6 nitrogen and oxygen atoms in total. The van der Waals surface area contributed by atoms with Crippen LogP contribution in [0.4, 0.5) is 5.82 Å². The van der Waals surface area contributed by atoms with Gasteiger partial charge in [-0.15, -0.1) is 0 Å². The Morgan fingerprint density at radius 1 is 1.38 bits per heavy atom. The summed E-state index contributed by atoms with van der Waals surface area (Å²) in [7, 11) is 3.41. The van der Waals surface area contributed by atoms with E-state index in [-0.39, 0.29) is 17.1 Å². The largest absolute Gasteiger partial charge is 0.378 e. The maximum atomic E-state index is 12.1. The van der Waals surface area contributed by atoms with E-state index in [9.17, 15) is 4.79 Å². The van der Waals surface area contributed by atoms with Crippen molar-refractivity contribution in [3.8, 4) is 0 Å². The van der Waals surface area contributed by atoms with E-state index >= 15 is 0 Å². The molecule has 1 spiro atoms. The van der Waals surface area contributed by atoms with Crippen LogP contribution in [0.2, 0.25) is 5.02 Å². The van der Waals surface area contributed by atoms with Gasteiger partial charge in [-0.2, -0.15) is 0 Å². The van der Waals surface area contributed by atoms with E-state index < -0.39 is 0 Å². The number of ether oxygens (including phenoxy) is 2. The molecule has 24 heavy (non-hydrogen) atoms. The zero-order valence-electron chi connectivity index (χ0n) is 14.6. The third-order valence-electron chi connectivity index (χ3n) is 4.39. The van der Waals surface area contributed by atoms with E-state index in [2.05, 4.69) is 23.7 Å². The van der Waals surface area contributed by atoms with Gasteiger partial charge in [0.05, 0.1) is 29.3 Å². The zero-order valence-corrected chi connectivity index (χ0v) is 15.4. The first-order valence-corrected chi connectivity index (χ1v) is 8.49. The third-order valence-corrected chi connectivity index (χ3v) is 4.66. The molecule has 1 aromatic heterocycles. The fourth-order valence-corrected chi connectivity index (χ4v) is 3.78. The summed E-state index contributed by atoms with van der Waals surface area (Å²) in [5.41, 5.74) is -0.153. The maximum absolute atomic E-state index is 12.1. The van der Waals surface area contributed by atoms with Crippen LogP contribution in [0.1, 0.15) is 30.6 Å². The lowest BCUT2D eigenvalue weighted by Crippen LogP contribution is -2.60. The van der Waals surface area contributed by atoms with Gasteiger partial charge >= 0.3 is 0 Å². The molecule has 0 aromatic carbocycles. The molecule has 1 atom stereocenters. The van der Waals surface area contributed by atoms with E-state index in [1.807, 2.05) is 0 Å². The number of rotatable bonds is 2. The molecule has 2 fully saturated rings. The van der Waals surface area contributed by atoms with Crippen molar-refractivity contribution in [2.75, 3.05) is 45.3 Å². The molecule has 1 unspecified atom stereocenters. The van der Waals surface area contributed by atoms with Gasteiger partial charge in [-0.3, -0.25) is 4.79 Å². The normalized spacial score (nSPS) is 26.0. The van der Waals surface area contributed by atoms with Crippen molar-refractivity contribution in [3.05, 3.63) is 22.8 Å².